The van der Waals surface area contributed by atoms with Crippen molar-refractivity contribution in [2.24, 2.45) is 0 Å². The van der Waals surface area contributed by atoms with E-state index in [1.54, 1.807) is 0 Å². The zero-order valence-corrected chi connectivity index (χ0v) is 12.1. The molecule has 0 aliphatic rings. The minimum Gasteiger partial charge on any atom is -0.388 e. The van der Waals surface area contributed by atoms with Gasteiger partial charge in [-0.05, 0) is 29.8 Å². The number of aliphatic hydroxyl groups is 1. The molecular weight excluding hydrogens is 303 g/mol. The maximum Gasteiger partial charge on any atom is 0.416 e. The van der Waals surface area contributed by atoms with Crippen molar-refractivity contribution in [1.82, 2.24) is 4.98 Å². The molecule has 0 amide bonds. The summed E-state index contributed by atoms with van der Waals surface area (Å²) in [7, 11) is 0. The van der Waals surface area contributed by atoms with E-state index in [9.17, 15) is 18.3 Å². The monoisotopic (exact) mass is 317 g/mol. The molecule has 118 valence electrons. The first-order valence-electron chi connectivity index (χ1n) is 7.13. The predicted molar refractivity (Wildman–Crippen MR) is 81.9 cm³/mol. The number of aliphatic hydroxyl groups excluding tert-OH is 1. The van der Waals surface area contributed by atoms with Crippen molar-refractivity contribution in [3.63, 3.8) is 0 Å². The van der Waals surface area contributed by atoms with Crippen molar-refractivity contribution in [2.45, 2.75) is 18.7 Å². The van der Waals surface area contributed by atoms with Crippen LogP contribution in [0, 0.1) is 0 Å². The van der Waals surface area contributed by atoms with Crippen LogP contribution in [0.5, 0.6) is 0 Å². The van der Waals surface area contributed by atoms with Gasteiger partial charge in [-0.2, -0.15) is 13.2 Å². The Kier molecular flexibility index (Phi) is 4.05. The second-order valence-corrected chi connectivity index (χ2v) is 5.33. The number of rotatable bonds is 3. The lowest BCUT2D eigenvalue weighted by Crippen LogP contribution is -2.07. The molecule has 2 nitrogen and oxygen atoms in total. The number of pyridine rings is 1. The first-order valence-corrected chi connectivity index (χ1v) is 7.13. The first-order chi connectivity index (χ1) is 10.9. The highest BCUT2D eigenvalue weighted by Crippen LogP contribution is 2.30. The molecule has 1 heterocycles. The molecule has 3 aromatic rings. The quantitative estimate of drug-likeness (QED) is 0.770. The van der Waals surface area contributed by atoms with Crippen molar-refractivity contribution in [1.29, 1.82) is 0 Å². The largest absolute Gasteiger partial charge is 0.416 e. The molecule has 0 unspecified atom stereocenters. The van der Waals surface area contributed by atoms with Gasteiger partial charge in [0.05, 0.1) is 17.2 Å². The Bertz CT molecular complexity index is 812. The van der Waals surface area contributed by atoms with Crippen LogP contribution in [-0.4, -0.2) is 10.1 Å². The Balaban J connectivity index is 1.78. The third-order valence-electron chi connectivity index (χ3n) is 3.68. The second-order valence-electron chi connectivity index (χ2n) is 5.33. The number of nitrogens with zero attached hydrogens (tertiary/aromatic N) is 1. The van der Waals surface area contributed by atoms with Crippen molar-refractivity contribution >= 4 is 10.9 Å². The van der Waals surface area contributed by atoms with Crippen LogP contribution in [0.2, 0.25) is 0 Å². The van der Waals surface area contributed by atoms with Gasteiger partial charge in [-0.1, -0.05) is 36.4 Å². The Morgan fingerprint density at radius 3 is 2.30 bits per heavy atom. The molecule has 0 bridgehead atoms. The van der Waals surface area contributed by atoms with E-state index in [0.29, 0.717) is 11.3 Å². The summed E-state index contributed by atoms with van der Waals surface area (Å²) in [6.07, 6.45) is -5.02. The maximum atomic E-state index is 12.5. The van der Waals surface area contributed by atoms with Crippen LogP contribution in [0.4, 0.5) is 13.2 Å². The average molecular weight is 317 g/mol. The second kappa shape index (κ2) is 6.01. The van der Waals surface area contributed by atoms with E-state index in [2.05, 4.69) is 4.98 Å². The third kappa shape index (κ3) is 3.51. The number of fused-ring (bicyclic) bond motifs is 1. The Morgan fingerprint density at radius 2 is 1.61 bits per heavy atom. The lowest BCUT2D eigenvalue weighted by atomic mass is 10.0. The molecule has 0 saturated carbocycles. The molecule has 0 fully saturated rings. The number of alkyl halides is 3. The zero-order chi connectivity index (χ0) is 16.4. The summed E-state index contributed by atoms with van der Waals surface area (Å²) in [5, 5.41) is 11.2. The topological polar surface area (TPSA) is 33.1 Å². The van der Waals surface area contributed by atoms with E-state index in [0.717, 1.165) is 23.0 Å². The fourth-order valence-electron chi connectivity index (χ4n) is 2.43. The SMILES string of the molecule is O[C@H](Cc1ccc2ccccc2n1)c1ccc(C(F)(F)F)cc1. The van der Waals surface area contributed by atoms with Gasteiger partial charge in [0.2, 0.25) is 0 Å². The number of aromatic nitrogens is 1. The van der Waals surface area contributed by atoms with Gasteiger partial charge in [0.15, 0.2) is 0 Å². The molecule has 0 aliphatic carbocycles. The fourth-order valence-corrected chi connectivity index (χ4v) is 2.43. The standard InChI is InChI=1S/C18H14F3NO/c19-18(20,21)14-8-5-13(6-9-14)17(23)11-15-10-7-12-3-1-2-4-16(12)22-15/h1-10,17,23H,11H2/t17-/m1/s1. The predicted octanol–water partition coefficient (Wildman–Crippen LogP) is 4.53. The third-order valence-corrected chi connectivity index (χ3v) is 3.68. The molecule has 5 heteroatoms. The van der Waals surface area contributed by atoms with Crippen molar-refractivity contribution in [3.8, 4) is 0 Å². The van der Waals surface area contributed by atoms with E-state index in [1.165, 1.54) is 12.1 Å². The molecule has 1 atom stereocenters. The van der Waals surface area contributed by atoms with Gasteiger partial charge in [0.1, 0.15) is 0 Å². The maximum absolute atomic E-state index is 12.5. The lowest BCUT2D eigenvalue weighted by Gasteiger charge is -2.13. The van der Waals surface area contributed by atoms with E-state index in [4.69, 9.17) is 0 Å². The first kappa shape index (κ1) is 15.5. The van der Waals surface area contributed by atoms with Gasteiger partial charge >= 0.3 is 6.18 Å². The van der Waals surface area contributed by atoms with E-state index in [-0.39, 0.29) is 6.42 Å². The van der Waals surface area contributed by atoms with Gasteiger partial charge in [0, 0.05) is 17.5 Å². The molecule has 0 spiro atoms. The Morgan fingerprint density at radius 1 is 0.913 bits per heavy atom. The molecule has 2 aromatic carbocycles. The highest BCUT2D eigenvalue weighted by molar-refractivity contribution is 5.78. The minimum absolute atomic E-state index is 0.246. The highest BCUT2D eigenvalue weighted by Gasteiger charge is 2.30. The Hall–Kier alpha value is -2.40. The molecule has 0 radical (unpaired) electrons. The van der Waals surface area contributed by atoms with Crippen LogP contribution in [-0.2, 0) is 12.6 Å². The van der Waals surface area contributed by atoms with Crippen LogP contribution < -0.4 is 0 Å². The number of para-hydroxylation sites is 1. The van der Waals surface area contributed by atoms with Gasteiger partial charge in [-0.25, -0.2) is 0 Å². The number of halogens is 3. The summed E-state index contributed by atoms with van der Waals surface area (Å²) >= 11 is 0. The fraction of sp³-hybridized carbons (Fsp3) is 0.167. The summed E-state index contributed by atoms with van der Waals surface area (Å²) < 4.78 is 37.6. The Labute approximate surface area is 131 Å². The molecule has 3 rings (SSSR count). The number of hydrogen-bond donors (Lipinski definition) is 1. The number of hydrogen-bond acceptors (Lipinski definition) is 2. The van der Waals surface area contributed by atoms with Crippen LogP contribution >= 0.6 is 0 Å². The average Bonchev–Trinajstić information content (AvgIpc) is 2.54. The summed E-state index contributed by atoms with van der Waals surface area (Å²) in [5.74, 6) is 0. The summed E-state index contributed by atoms with van der Waals surface area (Å²) in [5.41, 5.74) is 1.23. The van der Waals surface area contributed by atoms with Gasteiger partial charge < -0.3 is 5.11 Å². The van der Waals surface area contributed by atoms with Crippen LogP contribution in [0.15, 0.2) is 60.7 Å². The van der Waals surface area contributed by atoms with Gasteiger partial charge in [0.25, 0.3) is 0 Å². The molecule has 1 aromatic heterocycles. The van der Waals surface area contributed by atoms with Crippen LogP contribution in [0.3, 0.4) is 0 Å². The van der Waals surface area contributed by atoms with Crippen molar-refractivity contribution in [3.05, 3.63) is 77.5 Å². The summed E-state index contributed by atoms with van der Waals surface area (Å²) in [6, 6.07) is 15.9. The summed E-state index contributed by atoms with van der Waals surface area (Å²) in [6.45, 7) is 0. The highest BCUT2D eigenvalue weighted by atomic mass is 19.4. The van der Waals surface area contributed by atoms with Crippen molar-refractivity contribution in [2.75, 3.05) is 0 Å². The zero-order valence-electron chi connectivity index (χ0n) is 12.1. The molecule has 0 saturated heterocycles. The van der Waals surface area contributed by atoms with Crippen LogP contribution in [0.25, 0.3) is 10.9 Å². The normalized spacial score (nSPS) is 13.2. The summed E-state index contributed by atoms with van der Waals surface area (Å²) in [4.78, 5) is 4.46. The van der Waals surface area contributed by atoms with E-state index in [1.807, 2.05) is 36.4 Å². The smallest absolute Gasteiger partial charge is 0.388 e. The van der Waals surface area contributed by atoms with Gasteiger partial charge in [-0.3, -0.25) is 4.98 Å². The molecule has 23 heavy (non-hydrogen) atoms. The molecule has 0 aliphatic heterocycles. The molecule has 1 N–H and O–H groups in total. The van der Waals surface area contributed by atoms with E-state index < -0.39 is 17.8 Å². The minimum atomic E-state index is -4.37. The lowest BCUT2D eigenvalue weighted by molar-refractivity contribution is -0.137. The van der Waals surface area contributed by atoms with Gasteiger partial charge in [-0.15, -0.1) is 0 Å². The molecular formula is C18H14F3NO. The van der Waals surface area contributed by atoms with E-state index >= 15 is 0 Å². The van der Waals surface area contributed by atoms with Crippen molar-refractivity contribution < 1.29 is 18.3 Å². The van der Waals surface area contributed by atoms with Crippen LogP contribution in [0.1, 0.15) is 22.9 Å². The number of benzene rings is 2.